The molecule has 0 radical (unpaired) electrons. The third-order valence-corrected chi connectivity index (χ3v) is 12.8. The van der Waals surface area contributed by atoms with E-state index in [-0.39, 0.29) is 40.0 Å². The Kier molecular flexibility index (Phi) is 15.2. The Morgan fingerprint density at radius 3 is 1.76 bits per heavy atom. The molecular formula is C38H35N9O19S4. The molecule has 8 N–H and O–H groups in total. The number of phenols is 1. The number of azo groups is 3. The standard InChI is InChI=1S/C38H35N9O19S4/c1-19-34(38(52)47(46-19)22-4-6-23(7-5-22)67(53,54)55)44-41-27-10-8-24-25(37(27)70(62,63)64)16-33(69(59,60)61)35(36(24)51)45-43-29-18-30(65-13-11-48)28(17-31(29)66-14-12-49)42-40-26-9-3-21(39-20(2)50)15-32(26)68(56,57)58/h3-10,15-18,34,48-49,51H,11-14H2,1-2H3,(H,39,50)(H,53,54,55)(H,56,57,58)(H,59,60,61)(H,62,63,64)/b42-40+,44-41+,45-43+. The molecule has 5 aromatic carbocycles. The van der Waals surface area contributed by atoms with E-state index < -0.39 is 138 Å². The van der Waals surface area contributed by atoms with Gasteiger partial charge in [-0.2, -0.15) is 54.0 Å². The van der Waals surface area contributed by atoms with Gasteiger partial charge in [0.2, 0.25) is 5.91 Å². The molecule has 0 fully saturated rings. The number of phenolic OH excluding ortho intramolecular Hbond substituents is 1. The number of rotatable bonds is 18. The summed E-state index contributed by atoms with van der Waals surface area (Å²) in [5, 5.41) is 59.7. The van der Waals surface area contributed by atoms with Crippen LogP contribution in [0.3, 0.4) is 0 Å². The average molecular weight is 1050 g/mol. The highest BCUT2D eigenvalue weighted by Gasteiger charge is 2.36. The summed E-state index contributed by atoms with van der Waals surface area (Å²) in [5.41, 5.74) is -2.81. The van der Waals surface area contributed by atoms with Crippen molar-refractivity contribution >= 4 is 109 Å². The van der Waals surface area contributed by atoms with Crippen molar-refractivity contribution in [1.82, 2.24) is 0 Å². The Balaban J connectivity index is 1.43. The quantitative estimate of drug-likeness (QED) is 0.0425. The fraction of sp³-hybridized carbons (Fsp3) is 0.184. The predicted molar refractivity (Wildman–Crippen MR) is 241 cm³/mol. The lowest BCUT2D eigenvalue weighted by atomic mass is 10.1. The Morgan fingerprint density at radius 1 is 0.671 bits per heavy atom. The molecule has 6 rings (SSSR count). The van der Waals surface area contributed by atoms with Crippen LogP contribution in [0.4, 0.5) is 39.8 Å². The lowest BCUT2D eigenvalue weighted by molar-refractivity contribution is -0.118. The number of hydrogen-bond donors (Lipinski definition) is 8. The largest absolute Gasteiger partial charge is 0.505 e. The number of carbonyl (C=O) groups excluding carboxylic acids is 2. The number of benzene rings is 5. The molecule has 0 bridgehead atoms. The summed E-state index contributed by atoms with van der Waals surface area (Å²) in [6.45, 7) is 0.486. The molecule has 2 amide bonds. The van der Waals surface area contributed by atoms with Crippen LogP contribution >= 0.6 is 0 Å². The fourth-order valence-corrected chi connectivity index (χ4v) is 8.91. The normalized spacial score (nSPS) is 14.9. The van der Waals surface area contributed by atoms with Crippen molar-refractivity contribution in [2.75, 3.05) is 36.8 Å². The summed E-state index contributed by atoms with van der Waals surface area (Å²) in [6.07, 6.45) is 0. The summed E-state index contributed by atoms with van der Waals surface area (Å²) >= 11 is 0. The van der Waals surface area contributed by atoms with Gasteiger partial charge < -0.3 is 30.1 Å². The predicted octanol–water partition coefficient (Wildman–Crippen LogP) is 4.94. The lowest BCUT2D eigenvalue weighted by Crippen LogP contribution is -2.29. The molecule has 1 heterocycles. The van der Waals surface area contributed by atoms with Gasteiger partial charge in [-0.25, -0.2) is 0 Å². The monoisotopic (exact) mass is 1050 g/mol. The van der Waals surface area contributed by atoms with Crippen LogP contribution in [-0.4, -0.2) is 117 Å². The molecule has 0 saturated heterocycles. The molecule has 1 unspecified atom stereocenters. The minimum Gasteiger partial charge on any atom is -0.505 e. The van der Waals surface area contributed by atoms with E-state index in [9.17, 15) is 76.8 Å². The van der Waals surface area contributed by atoms with Gasteiger partial charge in [0, 0.05) is 35.5 Å². The van der Waals surface area contributed by atoms with Crippen molar-refractivity contribution < 1.29 is 86.3 Å². The number of aromatic hydroxyl groups is 1. The Labute approximate surface area is 395 Å². The van der Waals surface area contributed by atoms with Gasteiger partial charge in [0.25, 0.3) is 46.4 Å². The van der Waals surface area contributed by atoms with Crippen molar-refractivity contribution in [3.05, 3.63) is 72.8 Å². The zero-order valence-electron chi connectivity index (χ0n) is 35.6. The minimum absolute atomic E-state index is 0.000146. The van der Waals surface area contributed by atoms with Crippen LogP contribution in [0.15, 0.2) is 128 Å². The summed E-state index contributed by atoms with van der Waals surface area (Å²) in [5.74, 6) is -3.18. The molecule has 1 atom stereocenters. The first-order valence-electron chi connectivity index (χ1n) is 19.3. The van der Waals surface area contributed by atoms with Crippen LogP contribution in [0.2, 0.25) is 0 Å². The van der Waals surface area contributed by atoms with E-state index in [1.165, 1.54) is 13.0 Å². The zero-order chi connectivity index (χ0) is 51.5. The second kappa shape index (κ2) is 20.4. The molecule has 32 heteroatoms. The van der Waals surface area contributed by atoms with Crippen molar-refractivity contribution in [1.29, 1.82) is 0 Å². The number of nitrogens with one attached hydrogen (secondary N) is 1. The van der Waals surface area contributed by atoms with Crippen molar-refractivity contribution in [2.24, 2.45) is 35.8 Å². The van der Waals surface area contributed by atoms with E-state index in [2.05, 4.69) is 41.1 Å². The van der Waals surface area contributed by atoms with Crippen LogP contribution in [-0.2, 0) is 50.1 Å². The molecule has 0 aromatic heterocycles. The first kappa shape index (κ1) is 52.1. The molecular weight excluding hydrogens is 1010 g/mol. The molecule has 1 aliphatic heterocycles. The summed E-state index contributed by atoms with van der Waals surface area (Å²) in [6, 6.07) is 10.5. The highest BCUT2D eigenvalue weighted by Crippen LogP contribution is 2.47. The number of nitrogens with zero attached hydrogens (tertiary/aromatic N) is 8. The number of amides is 2. The third kappa shape index (κ3) is 11.8. The number of hydrazone groups is 1. The minimum atomic E-state index is -5.50. The van der Waals surface area contributed by atoms with Crippen molar-refractivity contribution in [3.63, 3.8) is 0 Å². The molecule has 370 valence electrons. The van der Waals surface area contributed by atoms with Crippen LogP contribution in [0.5, 0.6) is 17.2 Å². The van der Waals surface area contributed by atoms with E-state index in [0.29, 0.717) is 6.07 Å². The lowest BCUT2D eigenvalue weighted by Gasteiger charge is -2.14. The number of aliphatic hydroxyl groups excluding tert-OH is 2. The summed E-state index contributed by atoms with van der Waals surface area (Å²) in [7, 11) is -20.5. The first-order valence-corrected chi connectivity index (χ1v) is 25.0. The number of fused-ring (bicyclic) bond motifs is 1. The Bertz CT molecular complexity index is 3530. The van der Waals surface area contributed by atoms with Crippen LogP contribution in [0.25, 0.3) is 10.8 Å². The highest BCUT2D eigenvalue weighted by molar-refractivity contribution is 7.87. The van der Waals surface area contributed by atoms with Gasteiger partial charge in [-0.05, 0) is 67.6 Å². The Hall–Kier alpha value is -7.27. The molecule has 1 aliphatic rings. The average Bonchev–Trinajstić information content (AvgIpc) is 3.56. The number of carbonyl (C=O) groups is 2. The van der Waals surface area contributed by atoms with E-state index >= 15 is 0 Å². The third-order valence-electron chi connectivity index (χ3n) is 9.28. The summed E-state index contributed by atoms with van der Waals surface area (Å²) < 4.78 is 150. The van der Waals surface area contributed by atoms with Gasteiger partial charge in [0.05, 0.1) is 29.5 Å². The second-order valence-electron chi connectivity index (χ2n) is 14.2. The topological polar surface area (TPSA) is 433 Å². The van der Waals surface area contributed by atoms with E-state index in [1.807, 2.05) is 0 Å². The highest BCUT2D eigenvalue weighted by atomic mass is 32.2. The maximum Gasteiger partial charge on any atom is 0.297 e. The van der Waals surface area contributed by atoms with Crippen LogP contribution < -0.4 is 19.8 Å². The SMILES string of the molecule is CC(=O)Nc1ccc(/N=N/c2cc(OCCO)c(/N=N/c3c(S(=O)(=O)O)cc4c(S(=O)(=O)O)c(/N=N/C5C(=O)N(c6ccc(S(=O)(=O)O)cc6)N=C5C)ccc4c3O)cc2OCCO)c(S(=O)(=O)O)c1. The van der Waals surface area contributed by atoms with Crippen molar-refractivity contribution in [2.45, 2.75) is 39.5 Å². The van der Waals surface area contributed by atoms with E-state index in [0.717, 1.165) is 72.6 Å². The number of hydrogen-bond acceptors (Lipinski definition) is 22. The van der Waals surface area contributed by atoms with Crippen LogP contribution in [0.1, 0.15) is 13.8 Å². The molecule has 0 saturated carbocycles. The first-order chi connectivity index (χ1) is 32.7. The maximum absolute atomic E-state index is 13.3. The van der Waals surface area contributed by atoms with Gasteiger partial charge in [-0.15, -0.1) is 20.5 Å². The molecule has 28 nitrogen and oxygen atoms in total. The molecule has 70 heavy (non-hydrogen) atoms. The number of anilines is 2. The van der Waals surface area contributed by atoms with E-state index in [4.69, 9.17) is 9.47 Å². The number of ether oxygens (including phenoxy) is 2. The molecule has 0 aliphatic carbocycles. The van der Waals surface area contributed by atoms with Crippen LogP contribution in [0, 0.1) is 0 Å². The summed E-state index contributed by atoms with van der Waals surface area (Å²) in [4.78, 5) is 21.1. The van der Waals surface area contributed by atoms with E-state index in [1.54, 1.807) is 0 Å². The maximum atomic E-state index is 13.3. The molecule has 5 aromatic rings. The Morgan fingerprint density at radius 2 is 1.23 bits per heavy atom. The smallest absolute Gasteiger partial charge is 0.297 e. The molecule has 0 spiro atoms. The van der Waals surface area contributed by atoms with Gasteiger partial charge in [0.1, 0.15) is 67.8 Å². The van der Waals surface area contributed by atoms with Gasteiger partial charge in [-0.3, -0.25) is 27.8 Å². The zero-order valence-corrected chi connectivity index (χ0v) is 38.8. The van der Waals surface area contributed by atoms with Crippen molar-refractivity contribution in [3.8, 4) is 17.2 Å². The number of aliphatic hydroxyl groups is 2. The van der Waals surface area contributed by atoms with Gasteiger partial charge in [-0.1, -0.05) is 0 Å². The van der Waals surface area contributed by atoms with Gasteiger partial charge in [0.15, 0.2) is 11.8 Å². The van der Waals surface area contributed by atoms with Gasteiger partial charge >= 0.3 is 0 Å². The fourth-order valence-electron chi connectivity index (χ4n) is 6.31. The second-order valence-corrected chi connectivity index (χ2v) is 19.7.